The maximum absolute atomic E-state index is 12.6. The number of anilines is 1. The van der Waals surface area contributed by atoms with E-state index in [1.54, 1.807) is 6.92 Å². The van der Waals surface area contributed by atoms with Crippen molar-refractivity contribution in [3.05, 3.63) is 78.2 Å². The Bertz CT molecular complexity index is 1050. The summed E-state index contributed by atoms with van der Waals surface area (Å²) in [6.07, 6.45) is 0. The van der Waals surface area contributed by atoms with E-state index in [0.29, 0.717) is 23.0 Å². The molecule has 1 N–H and O–H groups in total. The van der Waals surface area contributed by atoms with Gasteiger partial charge in [-0.05, 0) is 41.1 Å². The van der Waals surface area contributed by atoms with Gasteiger partial charge in [0.2, 0.25) is 11.8 Å². The molecule has 0 aliphatic rings. The molecule has 1 aromatic heterocycles. The van der Waals surface area contributed by atoms with E-state index in [4.69, 9.17) is 4.42 Å². The zero-order valence-electron chi connectivity index (χ0n) is 13.6. The summed E-state index contributed by atoms with van der Waals surface area (Å²) < 4.78 is 5.40. The van der Waals surface area contributed by atoms with Crippen LogP contribution in [0.4, 0.5) is 5.69 Å². The molecule has 1 heterocycles. The van der Waals surface area contributed by atoms with Crippen molar-refractivity contribution in [3.63, 3.8) is 0 Å². The van der Waals surface area contributed by atoms with Crippen molar-refractivity contribution in [2.24, 2.45) is 0 Å². The highest BCUT2D eigenvalue weighted by Crippen LogP contribution is 2.22. The standard InChI is InChI=1S/C20H15N3O2/c1-13-22-23-20(25-13)15-9-11-16(12-10-15)21-19(24)18-8-4-6-14-5-2-3-7-17(14)18/h2-12H,1H3,(H,21,24). The summed E-state index contributed by atoms with van der Waals surface area (Å²) in [7, 11) is 0. The smallest absolute Gasteiger partial charge is 0.256 e. The molecule has 4 rings (SSSR count). The molecule has 0 aliphatic carbocycles. The number of hydrogen-bond acceptors (Lipinski definition) is 4. The molecule has 0 spiro atoms. The van der Waals surface area contributed by atoms with Crippen molar-refractivity contribution >= 4 is 22.4 Å². The molecule has 0 fully saturated rings. The lowest BCUT2D eigenvalue weighted by Crippen LogP contribution is -2.12. The SMILES string of the molecule is Cc1nnc(-c2ccc(NC(=O)c3cccc4ccccc34)cc2)o1. The van der Waals surface area contributed by atoms with Crippen molar-refractivity contribution in [2.75, 3.05) is 5.32 Å². The number of nitrogens with zero attached hydrogens (tertiary/aromatic N) is 2. The van der Waals surface area contributed by atoms with Crippen molar-refractivity contribution in [1.82, 2.24) is 10.2 Å². The molecule has 0 saturated carbocycles. The molecule has 122 valence electrons. The van der Waals surface area contributed by atoms with Gasteiger partial charge >= 0.3 is 0 Å². The van der Waals surface area contributed by atoms with Gasteiger partial charge in [0.05, 0.1) is 0 Å². The first-order chi connectivity index (χ1) is 12.2. The number of aryl methyl sites for hydroxylation is 1. The van der Waals surface area contributed by atoms with Crippen LogP contribution in [-0.2, 0) is 0 Å². The van der Waals surface area contributed by atoms with Gasteiger partial charge in [0.15, 0.2) is 0 Å². The summed E-state index contributed by atoms with van der Waals surface area (Å²) in [6, 6.07) is 20.9. The van der Waals surface area contributed by atoms with Crippen LogP contribution >= 0.6 is 0 Å². The van der Waals surface area contributed by atoms with Crippen LogP contribution in [-0.4, -0.2) is 16.1 Å². The largest absolute Gasteiger partial charge is 0.421 e. The topological polar surface area (TPSA) is 68.0 Å². The van der Waals surface area contributed by atoms with Crippen LogP contribution in [0, 0.1) is 6.92 Å². The van der Waals surface area contributed by atoms with Crippen molar-refractivity contribution in [1.29, 1.82) is 0 Å². The minimum atomic E-state index is -0.141. The first kappa shape index (κ1) is 15.1. The second-order valence-electron chi connectivity index (χ2n) is 5.68. The normalized spacial score (nSPS) is 10.8. The Morgan fingerprint density at radius 1 is 0.920 bits per heavy atom. The predicted molar refractivity (Wildman–Crippen MR) is 96.4 cm³/mol. The van der Waals surface area contributed by atoms with E-state index in [9.17, 15) is 4.79 Å². The third kappa shape index (κ3) is 2.99. The summed E-state index contributed by atoms with van der Waals surface area (Å²) >= 11 is 0. The number of nitrogens with one attached hydrogen (secondary N) is 1. The Morgan fingerprint density at radius 2 is 1.68 bits per heavy atom. The van der Waals surface area contributed by atoms with Gasteiger partial charge in [0.1, 0.15) is 0 Å². The molecule has 4 aromatic rings. The molecule has 0 bridgehead atoms. The van der Waals surface area contributed by atoms with E-state index in [-0.39, 0.29) is 5.91 Å². The van der Waals surface area contributed by atoms with Crippen LogP contribution in [0.3, 0.4) is 0 Å². The lowest BCUT2D eigenvalue weighted by molar-refractivity contribution is 0.102. The van der Waals surface area contributed by atoms with Crippen molar-refractivity contribution in [2.45, 2.75) is 6.92 Å². The van der Waals surface area contributed by atoms with Gasteiger partial charge in [-0.15, -0.1) is 10.2 Å². The van der Waals surface area contributed by atoms with E-state index >= 15 is 0 Å². The van der Waals surface area contributed by atoms with Gasteiger partial charge in [0.25, 0.3) is 5.91 Å². The lowest BCUT2D eigenvalue weighted by Gasteiger charge is -2.08. The summed E-state index contributed by atoms with van der Waals surface area (Å²) in [5.41, 5.74) is 2.16. The first-order valence-corrected chi connectivity index (χ1v) is 7.90. The highest BCUT2D eigenvalue weighted by molar-refractivity contribution is 6.12. The number of benzene rings is 3. The Kier molecular flexibility index (Phi) is 3.74. The minimum Gasteiger partial charge on any atom is -0.421 e. The van der Waals surface area contributed by atoms with Gasteiger partial charge in [-0.25, -0.2) is 0 Å². The van der Waals surface area contributed by atoms with Gasteiger partial charge in [-0.3, -0.25) is 4.79 Å². The van der Waals surface area contributed by atoms with Crippen LogP contribution < -0.4 is 5.32 Å². The maximum Gasteiger partial charge on any atom is 0.256 e. The Morgan fingerprint density at radius 3 is 2.44 bits per heavy atom. The molecule has 25 heavy (non-hydrogen) atoms. The van der Waals surface area contributed by atoms with Gasteiger partial charge < -0.3 is 9.73 Å². The van der Waals surface area contributed by atoms with Gasteiger partial charge in [-0.2, -0.15) is 0 Å². The van der Waals surface area contributed by atoms with Crippen LogP contribution in [0.2, 0.25) is 0 Å². The zero-order chi connectivity index (χ0) is 17.2. The average molecular weight is 329 g/mol. The summed E-state index contributed by atoms with van der Waals surface area (Å²) in [4.78, 5) is 12.6. The Balaban J connectivity index is 1.58. The molecule has 0 radical (unpaired) electrons. The summed E-state index contributed by atoms with van der Waals surface area (Å²) in [5.74, 6) is 0.839. The second kappa shape index (κ2) is 6.20. The molecule has 0 unspecified atom stereocenters. The van der Waals surface area contributed by atoms with E-state index in [0.717, 1.165) is 16.3 Å². The fraction of sp³-hybridized carbons (Fsp3) is 0.0500. The third-order valence-electron chi connectivity index (χ3n) is 3.95. The fourth-order valence-corrected chi connectivity index (χ4v) is 2.73. The molecular formula is C20H15N3O2. The van der Waals surface area contributed by atoms with Gasteiger partial charge in [-0.1, -0.05) is 36.4 Å². The van der Waals surface area contributed by atoms with Crippen LogP contribution in [0.1, 0.15) is 16.2 Å². The molecule has 1 amide bonds. The Labute approximate surface area is 144 Å². The maximum atomic E-state index is 12.6. The summed E-state index contributed by atoms with van der Waals surface area (Å²) in [6.45, 7) is 1.75. The molecule has 0 atom stereocenters. The molecule has 5 nitrogen and oxygen atoms in total. The first-order valence-electron chi connectivity index (χ1n) is 7.90. The van der Waals surface area contributed by atoms with Crippen molar-refractivity contribution < 1.29 is 9.21 Å². The summed E-state index contributed by atoms with van der Waals surface area (Å²) in [5, 5.41) is 12.7. The van der Waals surface area contributed by atoms with Crippen molar-refractivity contribution in [3.8, 4) is 11.5 Å². The molecule has 0 saturated heterocycles. The number of rotatable bonds is 3. The zero-order valence-corrected chi connectivity index (χ0v) is 13.6. The number of amides is 1. The predicted octanol–water partition coefficient (Wildman–Crippen LogP) is 4.45. The van der Waals surface area contributed by atoms with E-state index in [2.05, 4.69) is 15.5 Å². The number of hydrogen-bond donors (Lipinski definition) is 1. The fourth-order valence-electron chi connectivity index (χ4n) is 2.73. The molecular weight excluding hydrogens is 314 g/mol. The van der Waals surface area contributed by atoms with Gasteiger partial charge in [0, 0.05) is 23.7 Å². The minimum absolute atomic E-state index is 0.141. The van der Waals surface area contributed by atoms with Crippen LogP contribution in [0.25, 0.3) is 22.2 Å². The van der Waals surface area contributed by atoms with E-state index < -0.39 is 0 Å². The quantitative estimate of drug-likeness (QED) is 0.603. The highest BCUT2D eigenvalue weighted by atomic mass is 16.4. The highest BCUT2D eigenvalue weighted by Gasteiger charge is 2.11. The molecule has 3 aromatic carbocycles. The second-order valence-corrected chi connectivity index (χ2v) is 5.68. The molecule has 5 heteroatoms. The van der Waals surface area contributed by atoms with Crippen LogP contribution in [0.15, 0.2) is 71.1 Å². The number of carbonyl (C=O) groups is 1. The Hall–Kier alpha value is -3.47. The monoisotopic (exact) mass is 329 g/mol. The number of fused-ring (bicyclic) bond motifs is 1. The third-order valence-corrected chi connectivity index (χ3v) is 3.95. The molecule has 0 aliphatic heterocycles. The average Bonchev–Trinajstić information content (AvgIpc) is 3.08. The van der Waals surface area contributed by atoms with E-state index in [1.807, 2.05) is 66.7 Å². The number of aromatic nitrogens is 2. The lowest BCUT2D eigenvalue weighted by atomic mass is 10.0. The van der Waals surface area contributed by atoms with E-state index in [1.165, 1.54) is 0 Å². The van der Waals surface area contributed by atoms with Crippen LogP contribution in [0.5, 0.6) is 0 Å². The number of carbonyl (C=O) groups excluding carboxylic acids is 1.